The molecule has 0 aliphatic carbocycles. The first-order valence-corrected chi connectivity index (χ1v) is 6.53. The van der Waals surface area contributed by atoms with E-state index < -0.39 is 0 Å². The highest BCUT2D eigenvalue weighted by atomic mass is 15.1. The predicted octanol–water partition coefficient (Wildman–Crippen LogP) is 4.92. The van der Waals surface area contributed by atoms with Gasteiger partial charge < -0.3 is 4.90 Å². The largest absolute Gasteiger partial charge is 0.345 e. The molecule has 3 rings (SSSR count). The molecule has 0 N–H and O–H groups in total. The molecule has 0 aliphatic rings. The van der Waals surface area contributed by atoms with Crippen molar-refractivity contribution in [2.45, 2.75) is 6.92 Å². The van der Waals surface area contributed by atoms with E-state index in [9.17, 15) is 0 Å². The van der Waals surface area contributed by atoms with Crippen LogP contribution in [0.3, 0.4) is 0 Å². The van der Waals surface area contributed by atoms with Crippen molar-refractivity contribution in [1.29, 1.82) is 0 Å². The van der Waals surface area contributed by atoms with Crippen molar-refractivity contribution in [1.82, 2.24) is 0 Å². The number of aryl methyl sites for hydroxylation is 1. The van der Waals surface area contributed by atoms with E-state index in [1.165, 1.54) is 27.7 Å². The SMILES string of the molecule is Cc1cccc(N(C)c2ccc3ccccc3c2)c1. The Bertz CT molecular complexity index is 715. The second-order valence-corrected chi connectivity index (χ2v) is 4.93. The van der Waals surface area contributed by atoms with Crippen molar-refractivity contribution < 1.29 is 0 Å². The minimum absolute atomic E-state index is 1.21. The molecule has 0 heterocycles. The van der Waals surface area contributed by atoms with E-state index in [0.29, 0.717) is 0 Å². The zero-order valence-electron chi connectivity index (χ0n) is 11.3. The maximum Gasteiger partial charge on any atom is 0.0414 e. The van der Waals surface area contributed by atoms with Crippen molar-refractivity contribution in [3.63, 3.8) is 0 Å². The molecular weight excluding hydrogens is 230 g/mol. The first-order valence-electron chi connectivity index (χ1n) is 6.53. The van der Waals surface area contributed by atoms with Gasteiger partial charge in [-0.3, -0.25) is 0 Å². The fraction of sp³-hybridized carbons (Fsp3) is 0.111. The highest BCUT2D eigenvalue weighted by Crippen LogP contribution is 2.27. The van der Waals surface area contributed by atoms with Crippen molar-refractivity contribution >= 4 is 22.1 Å². The summed E-state index contributed by atoms with van der Waals surface area (Å²) in [6, 6.07) is 23.6. The van der Waals surface area contributed by atoms with E-state index in [4.69, 9.17) is 0 Å². The van der Waals surface area contributed by atoms with Crippen LogP contribution in [0.15, 0.2) is 66.7 Å². The van der Waals surface area contributed by atoms with Crippen LogP contribution in [0.25, 0.3) is 10.8 Å². The van der Waals surface area contributed by atoms with E-state index in [2.05, 4.69) is 85.6 Å². The van der Waals surface area contributed by atoms with Gasteiger partial charge in [-0.25, -0.2) is 0 Å². The summed E-state index contributed by atoms with van der Waals surface area (Å²) < 4.78 is 0. The molecule has 0 aliphatic heterocycles. The summed E-state index contributed by atoms with van der Waals surface area (Å²) in [5.41, 5.74) is 3.71. The monoisotopic (exact) mass is 247 g/mol. The molecule has 0 amide bonds. The van der Waals surface area contributed by atoms with Gasteiger partial charge in [0.05, 0.1) is 0 Å². The lowest BCUT2D eigenvalue weighted by molar-refractivity contribution is 1.21. The fourth-order valence-electron chi connectivity index (χ4n) is 2.37. The number of fused-ring (bicyclic) bond motifs is 1. The fourth-order valence-corrected chi connectivity index (χ4v) is 2.37. The molecule has 1 heteroatoms. The highest BCUT2D eigenvalue weighted by Gasteiger charge is 2.04. The molecule has 1 nitrogen and oxygen atoms in total. The molecule has 3 aromatic carbocycles. The summed E-state index contributed by atoms with van der Waals surface area (Å²) in [6.45, 7) is 2.12. The third-order valence-corrected chi connectivity index (χ3v) is 3.51. The number of hydrogen-bond donors (Lipinski definition) is 0. The minimum atomic E-state index is 1.21. The lowest BCUT2D eigenvalue weighted by atomic mass is 10.1. The Labute approximate surface area is 114 Å². The van der Waals surface area contributed by atoms with Gasteiger partial charge in [-0.1, -0.05) is 42.5 Å². The summed E-state index contributed by atoms with van der Waals surface area (Å²) >= 11 is 0. The summed E-state index contributed by atoms with van der Waals surface area (Å²) in [4.78, 5) is 2.22. The predicted molar refractivity (Wildman–Crippen MR) is 83.2 cm³/mol. The second-order valence-electron chi connectivity index (χ2n) is 4.93. The standard InChI is InChI=1S/C18H17N/c1-14-6-5-9-17(12-14)19(2)18-11-10-15-7-3-4-8-16(15)13-18/h3-13H,1-2H3. The minimum Gasteiger partial charge on any atom is -0.345 e. The van der Waals surface area contributed by atoms with E-state index >= 15 is 0 Å². The van der Waals surface area contributed by atoms with Gasteiger partial charge in [0, 0.05) is 18.4 Å². The molecule has 19 heavy (non-hydrogen) atoms. The first-order chi connectivity index (χ1) is 9.24. The smallest absolute Gasteiger partial charge is 0.0414 e. The van der Waals surface area contributed by atoms with Gasteiger partial charge in [-0.05, 0) is 47.5 Å². The maximum atomic E-state index is 2.23. The second kappa shape index (κ2) is 4.77. The van der Waals surface area contributed by atoms with Crippen molar-refractivity contribution in [3.05, 3.63) is 72.3 Å². The Morgan fingerprint density at radius 3 is 2.21 bits per heavy atom. The van der Waals surface area contributed by atoms with Gasteiger partial charge in [0.25, 0.3) is 0 Å². The van der Waals surface area contributed by atoms with E-state index in [1.807, 2.05) is 0 Å². The van der Waals surface area contributed by atoms with Crippen molar-refractivity contribution in [2.75, 3.05) is 11.9 Å². The number of rotatable bonds is 2. The number of benzene rings is 3. The lowest BCUT2D eigenvalue weighted by Gasteiger charge is -2.20. The van der Waals surface area contributed by atoms with Crippen LogP contribution in [0.1, 0.15) is 5.56 Å². The Morgan fingerprint density at radius 1 is 0.684 bits per heavy atom. The van der Waals surface area contributed by atoms with Crippen molar-refractivity contribution in [2.24, 2.45) is 0 Å². The average molecular weight is 247 g/mol. The van der Waals surface area contributed by atoms with Gasteiger partial charge in [-0.2, -0.15) is 0 Å². The third kappa shape index (κ3) is 2.32. The Kier molecular flexibility index (Phi) is 2.96. The van der Waals surface area contributed by atoms with Gasteiger partial charge in [-0.15, -0.1) is 0 Å². The van der Waals surface area contributed by atoms with Gasteiger partial charge >= 0.3 is 0 Å². The molecule has 0 saturated carbocycles. The highest BCUT2D eigenvalue weighted by molar-refractivity contribution is 5.86. The molecule has 0 bridgehead atoms. The molecule has 0 unspecified atom stereocenters. The lowest BCUT2D eigenvalue weighted by Crippen LogP contribution is -2.09. The van der Waals surface area contributed by atoms with E-state index in [1.54, 1.807) is 0 Å². The van der Waals surface area contributed by atoms with Gasteiger partial charge in [0.2, 0.25) is 0 Å². The van der Waals surface area contributed by atoms with E-state index in [-0.39, 0.29) is 0 Å². The number of anilines is 2. The van der Waals surface area contributed by atoms with Crippen LogP contribution in [0.4, 0.5) is 11.4 Å². The average Bonchev–Trinajstić information content (AvgIpc) is 2.46. The Morgan fingerprint density at radius 2 is 1.42 bits per heavy atom. The number of nitrogens with zero attached hydrogens (tertiary/aromatic N) is 1. The third-order valence-electron chi connectivity index (χ3n) is 3.51. The summed E-state index contributed by atoms with van der Waals surface area (Å²) in [5, 5.41) is 2.56. The molecule has 0 atom stereocenters. The molecule has 0 aromatic heterocycles. The van der Waals surface area contributed by atoms with Crippen molar-refractivity contribution in [3.8, 4) is 0 Å². The van der Waals surface area contributed by atoms with Crippen LogP contribution in [0, 0.1) is 6.92 Å². The van der Waals surface area contributed by atoms with Crippen LogP contribution < -0.4 is 4.90 Å². The molecular formula is C18H17N. The molecule has 3 aromatic rings. The van der Waals surface area contributed by atoms with Crippen LogP contribution in [-0.4, -0.2) is 7.05 Å². The first kappa shape index (κ1) is 11.8. The normalized spacial score (nSPS) is 10.6. The molecule has 0 radical (unpaired) electrons. The Hall–Kier alpha value is -2.28. The van der Waals surface area contributed by atoms with Crippen LogP contribution in [0.2, 0.25) is 0 Å². The maximum absolute atomic E-state index is 2.23. The Balaban J connectivity index is 2.04. The van der Waals surface area contributed by atoms with Gasteiger partial charge in [0.1, 0.15) is 0 Å². The summed E-state index contributed by atoms with van der Waals surface area (Å²) in [7, 11) is 2.11. The number of hydrogen-bond acceptors (Lipinski definition) is 1. The van der Waals surface area contributed by atoms with Crippen LogP contribution >= 0.6 is 0 Å². The zero-order valence-corrected chi connectivity index (χ0v) is 11.3. The molecule has 0 spiro atoms. The summed E-state index contributed by atoms with van der Waals surface area (Å²) in [6.07, 6.45) is 0. The quantitative estimate of drug-likeness (QED) is 0.621. The molecule has 0 fully saturated rings. The molecule has 0 saturated heterocycles. The summed E-state index contributed by atoms with van der Waals surface area (Å²) in [5.74, 6) is 0. The van der Waals surface area contributed by atoms with Crippen LogP contribution in [-0.2, 0) is 0 Å². The molecule has 94 valence electrons. The van der Waals surface area contributed by atoms with E-state index in [0.717, 1.165) is 0 Å². The topological polar surface area (TPSA) is 3.24 Å². The zero-order chi connectivity index (χ0) is 13.2. The van der Waals surface area contributed by atoms with Gasteiger partial charge in [0.15, 0.2) is 0 Å². The van der Waals surface area contributed by atoms with Crippen LogP contribution in [0.5, 0.6) is 0 Å².